The number of aromatic nitrogens is 4. The summed E-state index contributed by atoms with van der Waals surface area (Å²) in [4.78, 5) is 12.7. The highest BCUT2D eigenvalue weighted by molar-refractivity contribution is 5.81. The molecule has 0 amide bonds. The monoisotopic (exact) mass is 391 g/mol. The van der Waals surface area contributed by atoms with Crippen molar-refractivity contribution in [3.05, 3.63) is 12.7 Å². The molecule has 0 bridgehead atoms. The van der Waals surface area contributed by atoms with E-state index in [-0.39, 0.29) is 18.4 Å². The average Bonchev–Trinajstić information content (AvgIpc) is 3.30. The maximum atomic E-state index is 6.30. The maximum Gasteiger partial charge on any atom is 0.167 e. The fraction of sp³-hybridized carbons (Fsp3) is 0.750. The summed E-state index contributed by atoms with van der Waals surface area (Å²) in [6.07, 6.45) is 10.5. The Balaban J connectivity index is 1.64. The van der Waals surface area contributed by atoms with E-state index < -0.39 is 0 Å². The van der Waals surface area contributed by atoms with Gasteiger partial charge in [0.15, 0.2) is 11.5 Å². The molecule has 0 aliphatic carbocycles. The zero-order valence-corrected chi connectivity index (χ0v) is 17.0. The number of anilines is 1. The van der Waals surface area contributed by atoms with E-state index in [2.05, 4.69) is 28.8 Å². The molecule has 1 saturated heterocycles. The number of nitrogens with two attached hydrogens (primary N) is 1. The van der Waals surface area contributed by atoms with Crippen LogP contribution in [0.15, 0.2) is 12.7 Å². The second-order valence-corrected chi connectivity index (χ2v) is 7.35. The molecule has 2 N–H and O–H groups in total. The summed E-state index contributed by atoms with van der Waals surface area (Å²) in [5.41, 5.74) is 7.20. The van der Waals surface area contributed by atoms with Crippen LogP contribution < -0.4 is 5.73 Å². The molecule has 0 radical (unpaired) electrons. The van der Waals surface area contributed by atoms with Crippen molar-refractivity contribution in [2.45, 2.75) is 77.2 Å². The Morgan fingerprint density at radius 3 is 2.68 bits per heavy atom. The summed E-state index contributed by atoms with van der Waals surface area (Å²) < 4.78 is 20.3. The number of imidazole rings is 1. The van der Waals surface area contributed by atoms with E-state index in [1.165, 1.54) is 32.0 Å². The van der Waals surface area contributed by atoms with Gasteiger partial charge in [0.1, 0.15) is 24.2 Å². The summed E-state index contributed by atoms with van der Waals surface area (Å²) in [5.74, 6) is 0.380. The number of nitrogen functional groups attached to an aromatic ring is 1. The van der Waals surface area contributed by atoms with E-state index >= 15 is 0 Å². The molecule has 8 nitrogen and oxygen atoms in total. The first kappa shape index (κ1) is 21.0. The fourth-order valence-electron chi connectivity index (χ4n) is 3.52. The van der Waals surface area contributed by atoms with E-state index in [0.29, 0.717) is 23.6 Å². The van der Waals surface area contributed by atoms with Gasteiger partial charge in [-0.15, -0.1) is 0 Å². The van der Waals surface area contributed by atoms with Gasteiger partial charge in [-0.05, 0) is 12.8 Å². The Kier molecular flexibility index (Phi) is 8.00. The Bertz CT molecular complexity index is 723. The van der Waals surface area contributed by atoms with Gasteiger partial charge in [0.25, 0.3) is 0 Å². The number of rotatable bonds is 12. The van der Waals surface area contributed by atoms with Gasteiger partial charge >= 0.3 is 0 Å². The zero-order valence-electron chi connectivity index (χ0n) is 17.0. The van der Waals surface area contributed by atoms with Gasteiger partial charge in [-0.25, -0.2) is 15.0 Å². The third-order valence-corrected chi connectivity index (χ3v) is 5.13. The van der Waals surface area contributed by atoms with Crippen molar-refractivity contribution < 1.29 is 14.2 Å². The topological polar surface area (TPSA) is 97.3 Å². The molecule has 1 aliphatic heterocycles. The second-order valence-electron chi connectivity index (χ2n) is 7.35. The number of nitrogens with zero attached hydrogens (tertiary/aromatic N) is 4. The third kappa shape index (κ3) is 5.18. The Morgan fingerprint density at radius 1 is 1.11 bits per heavy atom. The first-order valence-corrected chi connectivity index (χ1v) is 10.5. The first-order valence-electron chi connectivity index (χ1n) is 10.5. The van der Waals surface area contributed by atoms with Crippen molar-refractivity contribution in [2.24, 2.45) is 0 Å². The van der Waals surface area contributed by atoms with Gasteiger partial charge in [-0.2, -0.15) is 0 Å². The summed E-state index contributed by atoms with van der Waals surface area (Å²) >= 11 is 0. The van der Waals surface area contributed by atoms with Crippen molar-refractivity contribution in [3.8, 4) is 0 Å². The first-order chi connectivity index (χ1) is 13.7. The van der Waals surface area contributed by atoms with Crippen molar-refractivity contribution in [2.75, 3.05) is 25.6 Å². The van der Waals surface area contributed by atoms with Gasteiger partial charge in [0, 0.05) is 19.6 Å². The van der Waals surface area contributed by atoms with Crippen LogP contribution in [-0.2, 0) is 14.2 Å². The molecular formula is C20H33N5O3. The lowest BCUT2D eigenvalue weighted by atomic mass is 10.2. The summed E-state index contributed by atoms with van der Waals surface area (Å²) in [6, 6.07) is 0. The van der Waals surface area contributed by atoms with E-state index in [4.69, 9.17) is 19.9 Å². The predicted octanol–water partition coefficient (Wildman–Crippen LogP) is 3.48. The molecule has 1 aliphatic rings. The fourth-order valence-corrected chi connectivity index (χ4v) is 3.52. The number of hydrogen-bond acceptors (Lipinski definition) is 7. The third-order valence-electron chi connectivity index (χ3n) is 5.13. The van der Waals surface area contributed by atoms with Gasteiger partial charge in [0.05, 0.1) is 19.0 Å². The van der Waals surface area contributed by atoms with E-state index in [9.17, 15) is 0 Å². The SMILES string of the molecule is CCCCCOC[C@H]1O[C@@H](n2cnc3c(N)ncnc32)CC1OCCCCC. The average molecular weight is 392 g/mol. The number of hydrogen-bond donors (Lipinski definition) is 1. The van der Waals surface area contributed by atoms with E-state index in [1.807, 2.05) is 4.57 Å². The number of fused-ring (bicyclic) bond motifs is 1. The van der Waals surface area contributed by atoms with Crippen LogP contribution in [0.3, 0.4) is 0 Å². The Hall–Kier alpha value is -1.77. The van der Waals surface area contributed by atoms with Gasteiger partial charge in [-0.1, -0.05) is 39.5 Å². The van der Waals surface area contributed by atoms with Crippen molar-refractivity contribution >= 4 is 17.0 Å². The molecular weight excluding hydrogens is 358 g/mol. The van der Waals surface area contributed by atoms with Crippen LogP contribution in [0.1, 0.15) is 65.0 Å². The molecule has 8 heteroatoms. The number of ether oxygens (including phenoxy) is 3. The highest BCUT2D eigenvalue weighted by Crippen LogP contribution is 2.33. The number of unbranched alkanes of at least 4 members (excludes halogenated alkanes) is 4. The predicted molar refractivity (Wildman–Crippen MR) is 108 cm³/mol. The maximum absolute atomic E-state index is 6.30. The standard InChI is InChI=1S/C20H33N5O3/c1-3-5-7-9-26-12-16-15(27-10-8-6-4-2)11-17(28-16)25-14-24-18-19(21)22-13-23-20(18)25/h13-17H,3-12H2,1-2H3,(H2,21,22,23)/t15?,16-,17-/m1/s1. The summed E-state index contributed by atoms with van der Waals surface area (Å²) in [5, 5.41) is 0. The molecule has 3 rings (SSSR count). The van der Waals surface area contributed by atoms with E-state index in [0.717, 1.165) is 32.5 Å². The second kappa shape index (κ2) is 10.7. The molecule has 0 saturated carbocycles. The quantitative estimate of drug-likeness (QED) is 0.553. The van der Waals surface area contributed by atoms with Crippen LogP contribution >= 0.6 is 0 Å². The largest absolute Gasteiger partial charge is 0.382 e. The molecule has 1 unspecified atom stereocenters. The van der Waals surface area contributed by atoms with Crippen molar-refractivity contribution in [1.82, 2.24) is 19.5 Å². The summed E-state index contributed by atoms with van der Waals surface area (Å²) in [7, 11) is 0. The molecule has 28 heavy (non-hydrogen) atoms. The normalized spacial score (nSPS) is 22.3. The lowest BCUT2D eigenvalue weighted by Gasteiger charge is -2.19. The molecule has 0 spiro atoms. The molecule has 0 aromatic carbocycles. The molecule has 3 atom stereocenters. The minimum Gasteiger partial charge on any atom is -0.382 e. The molecule has 156 valence electrons. The molecule has 3 heterocycles. The molecule has 1 fully saturated rings. The van der Waals surface area contributed by atoms with Gasteiger partial charge < -0.3 is 19.9 Å². The summed E-state index contributed by atoms with van der Waals surface area (Å²) in [6.45, 7) is 6.44. The lowest BCUT2D eigenvalue weighted by Crippen LogP contribution is -2.29. The van der Waals surface area contributed by atoms with Crippen LogP contribution in [0.25, 0.3) is 11.2 Å². The highest BCUT2D eigenvalue weighted by atomic mass is 16.6. The minimum absolute atomic E-state index is 0.00432. The van der Waals surface area contributed by atoms with Crippen LogP contribution in [-0.4, -0.2) is 51.5 Å². The van der Waals surface area contributed by atoms with Crippen LogP contribution in [0.5, 0.6) is 0 Å². The van der Waals surface area contributed by atoms with Crippen LogP contribution in [0, 0.1) is 0 Å². The van der Waals surface area contributed by atoms with Gasteiger partial charge in [0.2, 0.25) is 0 Å². The van der Waals surface area contributed by atoms with E-state index in [1.54, 1.807) is 6.33 Å². The minimum atomic E-state index is -0.195. The lowest BCUT2D eigenvalue weighted by molar-refractivity contribution is -0.0764. The van der Waals surface area contributed by atoms with Crippen molar-refractivity contribution in [3.63, 3.8) is 0 Å². The van der Waals surface area contributed by atoms with Gasteiger partial charge in [-0.3, -0.25) is 4.57 Å². The van der Waals surface area contributed by atoms with Crippen LogP contribution in [0.4, 0.5) is 5.82 Å². The van der Waals surface area contributed by atoms with Crippen molar-refractivity contribution in [1.29, 1.82) is 0 Å². The molecule has 2 aromatic rings. The smallest absolute Gasteiger partial charge is 0.167 e. The Morgan fingerprint density at radius 2 is 1.89 bits per heavy atom. The Labute approximate surface area is 166 Å². The highest BCUT2D eigenvalue weighted by Gasteiger charge is 2.37. The zero-order chi connectivity index (χ0) is 19.8. The molecule has 2 aromatic heterocycles. The van der Waals surface area contributed by atoms with Crippen LogP contribution in [0.2, 0.25) is 0 Å².